The van der Waals surface area contributed by atoms with E-state index in [1.165, 1.54) is 0 Å². The van der Waals surface area contributed by atoms with E-state index >= 15 is 0 Å². The Morgan fingerprint density at radius 1 is 1.29 bits per heavy atom. The molecule has 0 spiro atoms. The molecule has 21 heavy (non-hydrogen) atoms. The van der Waals surface area contributed by atoms with Crippen LogP contribution in [0.1, 0.15) is 24.6 Å². The van der Waals surface area contributed by atoms with E-state index in [0.29, 0.717) is 6.54 Å². The van der Waals surface area contributed by atoms with Gasteiger partial charge in [-0.05, 0) is 32.0 Å². The molecule has 0 aliphatic rings. The Bertz CT molecular complexity index is 620. The molecule has 0 unspecified atom stereocenters. The summed E-state index contributed by atoms with van der Waals surface area (Å²) in [5.74, 6) is -1.47. The number of aromatic nitrogens is 2. The van der Waals surface area contributed by atoms with Crippen molar-refractivity contribution in [1.82, 2.24) is 15.3 Å². The van der Waals surface area contributed by atoms with Crippen LogP contribution in [0.3, 0.4) is 0 Å². The summed E-state index contributed by atoms with van der Waals surface area (Å²) in [5, 5.41) is 3.25. The van der Waals surface area contributed by atoms with E-state index in [2.05, 4.69) is 22.2 Å². The number of ether oxygens (including phenoxy) is 1. The molecular formula is C15H17F2N3O. The fourth-order valence-corrected chi connectivity index (χ4v) is 1.75. The molecule has 0 aliphatic carbocycles. The number of nitrogens with zero attached hydrogens (tertiary/aromatic N) is 2. The molecule has 4 nitrogen and oxygen atoms in total. The topological polar surface area (TPSA) is 47.0 Å². The Hall–Kier alpha value is -2.08. The number of hydrogen-bond donors (Lipinski definition) is 1. The zero-order valence-electron chi connectivity index (χ0n) is 12.0. The van der Waals surface area contributed by atoms with Crippen LogP contribution in [0.25, 0.3) is 0 Å². The van der Waals surface area contributed by atoms with E-state index in [1.54, 1.807) is 6.20 Å². The average Bonchev–Trinajstić information content (AvgIpc) is 2.45. The van der Waals surface area contributed by atoms with Gasteiger partial charge in [0.1, 0.15) is 5.82 Å². The van der Waals surface area contributed by atoms with Crippen molar-refractivity contribution in [3.8, 4) is 11.8 Å². The van der Waals surface area contributed by atoms with Crippen LogP contribution in [0.2, 0.25) is 0 Å². The van der Waals surface area contributed by atoms with Gasteiger partial charge in [-0.25, -0.2) is 13.8 Å². The molecule has 0 aliphatic heterocycles. The van der Waals surface area contributed by atoms with Crippen LogP contribution < -0.4 is 10.1 Å². The molecule has 0 atom stereocenters. The van der Waals surface area contributed by atoms with Gasteiger partial charge in [-0.15, -0.1) is 0 Å². The third-order valence-corrected chi connectivity index (χ3v) is 2.90. The number of aryl methyl sites for hydroxylation is 1. The molecule has 0 fully saturated rings. The van der Waals surface area contributed by atoms with Crippen molar-refractivity contribution in [3.63, 3.8) is 0 Å². The normalized spacial score (nSPS) is 10.7. The van der Waals surface area contributed by atoms with Gasteiger partial charge < -0.3 is 10.1 Å². The first-order valence-electron chi connectivity index (χ1n) is 6.76. The number of nitrogens with one attached hydrogen (secondary N) is 1. The maximum atomic E-state index is 13.5. The smallest absolute Gasteiger partial charge is 0.322 e. The van der Waals surface area contributed by atoms with E-state index in [4.69, 9.17) is 4.74 Å². The Balaban J connectivity index is 2.11. The highest BCUT2D eigenvalue weighted by atomic mass is 19.1. The first-order valence-corrected chi connectivity index (χ1v) is 6.76. The monoisotopic (exact) mass is 293 g/mol. The molecule has 0 radical (unpaired) electrons. The maximum Gasteiger partial charge on any atom is 0.322 e. The Labute approximate surface area is 122 Å². The van der Waals surface area contributed by atoms with Crippen molar-refractivity contribution in [1.29, 1.82) is 0 Å². The molecular weight excluding hydrogens is 276 g/mol. The van der Waals surface area contributed by atoms with Crippen molar-refractivity contribution >= 4 is 0 Å². The van der Waals surface area contributed by atoms with Crippen LogP contribution >= 0.6 is 0 Å². The van der Waals surface area contributed by atoms with Gasteiger partial charge in [0.05, 0.1) is 0 Å². The SMILES string of the molecule is CCCNCc1cnc(Oc2cc(F)ccc2F)nc1C. The summed E-state index contributed by atoms with van der Waals surface area (Å²) in [6.07, 6.45) is 2.66. The summed E-state index contributed by atoms with van der Waals surface area (Å²) in [6, 6.07) is 2.98. The maximum absolute atomic E-state index is 13.5. The standard InChI is InChI=1S/C15H17F2N3O/c1-3-6-18-8-11-9-19-15(20-10(11)2)21-14-7-12(16)4-5-13(14)17/h4-5,7,9,18H,3,6,8H2,1-2H3. The van der Waals surface area contributed by atoms with Crippen LogP contribution in [0.5, 0.6) is 11.8 Å². The second kappa shape index (κ2) is 7.08. The lowest BCUT2D eigenvalue weighted by atomic mass is 10.2. The predicted octanol–water partition coefficient (Wildman–Crippen LogP) is 3.36. The number of rotatable bonds is 6. The van der Waals surface area contributed by atoms with E-state index in [-0.39, 0.29) is 11.8 Å². The minimum absolute atomic E-state index is 0.00348. The third-order valence-electron chi connectivity index (χ3n) is 2.90. The molecule has 0 amide bonds. The van der Waals surface area contributed by atoms with E-state index in [9.17, 15) is 8.78 Å². The number of hydrogen-bond acceptors (Lipinski definition) is 4. The van der Waals surface area contributed by atoms with E-state index in [1.807, 2.05) is 6.92 Å². The fraction of sp³-hybridized carbons (Fsp3) is 0.333. The first-order chi connectivity index (χ1) is 10.1. The molecule has 1 N–H and O–H groups in total. The third kappa shape index (κ3) is 4.19. The summed E-state index contributed by atoms with van der Waals surface area (Å²) in [5.41, 5.74) is 1.68. The molecule has 0 saturated heterocycles. The molecule has 1 heterocycles. The van der Waals surface area contributed by atoms with Crippen molar-refractivity contribution in [2.24, 2.45) is 0 Å². The zero-order chi connectivity index (χ0) is 15.2. The first kappa shape index (κ1) is 15.3. The van der Waals surface area contributed by atoms with Crippen molar-refractivity contribution in [3.05, 3.63) is 47.3 Å². The molecule has 112 valence electrons. The van der Waals surface area contributed by atoms with Crippen molar-refractivity contribution in [2.75, 3.05) is 6.54 Å². The second-order valence-electron chi connectivity index (χ2n) is 4.62. The highest BCUT2D eigenvalue weighted by Gasteiger charge is 2.10. The van der Waals surface area contributed by atoms with Gasteiger partial charge >= 0.3 is 6.01 Å². The van der Waals surface area contributed by atoms with E-state index in [0.717, 1.165) is 42.4 Å². The quantitative estimate of drug-likeness (QED) is 0.830. The van der Waals surface area contributed by atoms with Gasteiger partial charge in [-0.1, -0.05) is 6.92 Å². The summed E-state index contributed by atoms with van der Waals surface area (Å²) < 4.78 is 31.7. The van der Waals surface area contributed by atoms with Crippen molar-refractivity contribution in [2.45, 2.75) is 26.8 Å². The molecule has 6 heteroatoms. The summed E-state index contributed by atoms with van der Waals surface area (Å²) >= 11 is 0. The predicted molar refractivity (Wildman–Crippen MR) is 75.2 cm³/mol. The lowest BCUT2D eigenvalue weighted by Crippen LogP contribution is -2.15. The van der Waals surface area contributed by atoms with Crippen LogP contribution in [0.15, 0.2) is 24.4 Å². The minimum atomic E-state index is -0.661. The van der Waals surface area contributed by atoms with Gasteiger partial charge in [-0.3, -0.25) is 0 Å². The zero-order valence-corrected chi connectivity index (χ0v) is 12.0. The van der Waals surface area contributed by atoms with Gasteiger partial charge in [0, 0.05) is 30.1 Å². The van der Waals surface area contributed by atoms with Crippen LogP contribution in [-0.2, 0) is 6.54 Å². The van der Waals surface area contributed by atoms with Crippen LogP contribution in [0.4, 0.5) is 8.78 Å². The van der Waals surface area contributed by atoms with E-state index < -0.39 is 11.6 Å². The van der Waals surface area contributed by atoms with Crippen molar-refractivity contribution < 1.29 is 13.5 Å². The van der Waals surface area contributed by atoms with Crippen LogP contribution in [-0.4, -0.2) is 16.5 Å². The van der Waals surface area contributed by atoms with Gasteiger partial charge in [0.2, 0.25) is 0 Å². The minimum Gasteiger partial charge on any atom is -0.421 e. The Morgan fingerprint density at radius 3 is 2.81 bits per heavy atom. The summed E-state index contributed by atoms with van der Waals surface area (Å²) in [6.45, 7) is 5.47. The summed E-state index contributed by atoms with van der Waals surface area (Å²) in [4.78, 5) is 8.18. The molecule has 0 bridgehead atoms. The number of halogens is 2. The Morgan fingerprint density at radius 2 is 2.10 bits per heavy atom. The molecule has 2 aromatic rings. The van der Waals surface area contributed by atoms with Crippen LogP contribution in [0, 0.1) is 18.6 Å². The molecule has 1 aromatic carbocycles. The average molecular weight is 293 g/mol. The Kier molecular flexibility index (Phi) is 5.16. The second-order valence-corrected chi connectivity index (χ2v) is 4.62. The lowest BCUT2D eigenvalue weighted by molar-refractivity contribution is 0.405. The molecule has 1 aromatic heterocycles. The highest BCUT2D eigenvalue weighted by molar-refractivity contribution is 5.28. The molecule has 2 rings (SSSR count). The number of benzene rings is 1. The largest absolute Gasteiger partial charge is 0.421 e. The van der Waals surface area contributed by atoms with Gasteiger partial charge in [-0.2, -0.15) is 4.98 Å². The van der Waals surface area contributed by atoms with Gasteiger partial charge in [0.15, 0.2) is 11.6 Å². The van der Waals surface area contributed by atoms with Gasteiger partial charge in [0.25, 0.3) is 0 Å². The lowest BCUT2D eigenvalue weighted by Gasteiger charge is -2.09. The highest BCUT2D eigenvalue weighted by Crippen LogP contribution is 2.23. The summed E-state index contributed by atoms with van der Waals surface area (Å²) in [7, 11) is 0. The fourth-order valence-electron chi connectivity index (χ4n) is 1.75. The molecule has 0 saturated carbocycles.